The Bertz CT molecular complexity index is 453. The van der Waals surface area contributed by atoms with Crippen LogP contribution in [0.1, 0.15) is 23.2 Å². The van der Waals surface area contributed by atoms with Crippen molar-refractivity contribution >= 4 is 21.8 Å². The number of likely N-dealkylation sites (N-methyl/N-ethyl adjacent to an activating group) is 1. The van der Waals surface area contributed by atoms with Gasteiger partial charge in [0.15, 0.2) is 0 Å². The molecule has 1 fully saturated rings. The number of hydrogen-bond donors (Lipinski definition) is 1. The lowest BCUT2D eigenvalue weighted by Crippen LogP contribution is -2.47. The van der Waals surface area contributed by atoms with E-state index in [0.717, 1.165) is 19.4 Å². The number of carbonyl (C=O) groups excluding carboxylic acids is 1. The topological polar surface area (TPSA) is 32.3 Å². The van der Waals surface area contributed by atoms with Gasteiger partial charge in [-0.2, -0.15) is 0 Å². The van der Waals surface area contributed by atoms with Crippen molar-refractivity contribution < 1.29 is 9.18 Å². The molecular weight excluding hydrogens is 299 g/mol. The Morgan fingerprint density at radius 2 is 2.33 bits per heavy atom. The van der Waals surface area contributed by atoms with E-state index >= 15 is 0 Å². The molecule has 1 atom stereocenters. The molecule has 0 bridgehead atoms. The first-order valence-electron chi connectivity index (χ1n) is 6.03. The molecule has 1 aliphatic rings. The number of amides is 1. The minimum atomic E-state index is -0.342. The lowest BCUT2D eigenvalue weighted by Gasteiger charge is -2.32. The Labute approximate surface area is 114 Å². The zero-order chi connectivity index (χ0) is 13.1. The molecule has 1 aliphatic heterocycles. The Hall–Kier alpha value is -0.940. The second-order valence-electron chi connectivity index (χ2n) is 4.50. The highest BCUT2D eigenvalue weighted by atomic mass is 79.9. The van der Waals surface area contributed by atoms with Crippen molar-refractivity contribution in [2.45, 2.75) is 18.9 Å². The number of piperidine rings is 1. The maximum atomic E-state index is 13.0. The highest BCUT2D eigenvalue weighted by Gasteiger charge is 2.24. The summed E-state index contributed by atoms with van der Waals surface area (Å²) in [5, 5.41) is 3.20. The van der Waals surface area contributed by atoms with Gasteiger partial charge in [-0.3, -0.25) is 4.79 Å². The number of halogens is 2. The van der Waals surface area contributed by atoms with E-state index in [9.17, 15) is 9.18 Å². The fourth-order valence-corrected chi connectivity index (χ4v) is 2.75. The van der Waals surface area contributed by atoms with Gasteiger partial charge in [0, 0.05) is 23.6 Å². The highest BCUT2D eigenvalue weighted by molar-refractivity contribution is 9.10. The fourth-order valence-electron chi connectivity index (χ4n) is 2.23. The lowest BCUT2D eigenvalue weighted by atomic mass is 10.0. The van der Waals surface area contributed by atoms with Crippen LogP contribution in [-0.4, -0.2) is 37.0 Å². The Morgan fingerprint density at radius 3 is 3.00 bits per heavy atom. The number of nitrogens with one attached hydrogen (secondary N) is 1. The van der Waals surface area contributed by atoms with E-state index in [-0.39, 0.29) is 11.7 Å². The van der Waals surface area contributed by atoms with Crippen molar-refractivity contribution in [1.29, 1.82) is 0 Å². The van der Waals surface area contributed by atoms with Crippen LogP contribution in [0.5, 0.6) is 0 Å². The van der Waals surface area contributed by atoms with Crippen LogP contribution in [0.25, 0.3) is 0 Å². The summed E-state index contributed by atoms with van der Waals surface area (Å²) in [6.45, 7) is 1.47. The van der Waals surface area contributed by atoms with E-state index in [1.807, 2.05) is 11.9 Å². The maximum absolute atomic E-state index is 13.0. The third-order valence-corrected chi connectivity index (χ3v) is 3.93. The molecule has 5 heteroatoms. The smallest absolute Gasteiger partial charge is 0.255 e. The van der Waals surface area contributed by atoms with Gasteiger partial charge in [0.25, 0.3) is 5.91 Å². The SMILES string of the molecule is CN[C@@H]1CCCN(C(=O)c2ccc(F)cc2Br)C1. The summed E-state index contributed by atoms with van der Waals surface area (Å²) in [5.74, 6) is -0.382. The van der Waals surface area contributed by atoms with Crippen LogP contribution >= 0.6 is 15.9 Å². The summed E-state index contributed by atoms with van der Waals surface area (Å²) in [7, 11) is 1.91. The molecule has 2 rings (SSSR count). The van der Waals surface area contributed by atoms with Crippen molar-refractivity contribution in [1.82, 2.24) is 10.2 Å². The number of benzene rings is 1. The van der Waals surface area contributed by atoms with Crippen molar-refractivity contribution in [3.8, 4) is 0 Å². The first-order valence-corrected chi connectivity index (χ1v) is 6.82. The minimum absolute atomic E-state index is 0.0400. The fraction of sp³-hybridized carbons (Fsp3) is 0.462. The van der Waals surface area contributed by atoms with Crippen LogP contribution in [0.4, 0.5) is 4.39 Å². The molecule has 1 aromatic rings. The van der Waals surface area contributed by atoms with E-state index < -0.39 is 0 Å². The number of carbonyl (C=O) groups is 1. The third kappa shape index (κ3) is 2.90. The monoisotopic (exact) mass is 314 g/mol. The van der Waals surface area contributed by atoms with Crippen molar-refractivity contribution in [2.75, 3.05) is 20.1 Å². The zero-order valence-electron chi connectivity index (χ0n) is 10.2. The molecule has 1 heterocycles. The first-order chi connectivity index (χ1) is 8.61. The normalized spacial score (nSPS) is 19.9. The summed E-state index contributed by atoms with van der Waals surface area (Å²) >= 11 is 3.24. The van der Waals surface area contributed by atoms with Crippen LogP contribution in [-0.2, 0) is 0 Å². The highest BCUT2D eigenvalue weighted by Crippen LogP contribution is 2.21. The minimum Gasteiger partial charge on any atom is -0.337 e. The van der Waals surface area contributed by atoms with E-state index in [1.165, 1.54) is 18.2 Å². The molecule has 98 valence electrons. The average molecular weight is 315 g/mol. The summed E-state index contributed by atoms with van der Waals surface area (Å²) in [6, 6.07) is 4.52. The molecule has 0 aromatic heterocycles. The molecule has 18 heavy (non-hydrogen) atoms. The summed E-state index contributed by atoms with van der Waals surface area (Å²) in [5.41, 5.74) is 0.521. The van der Waals surface area contributed by atoms with Gasteiger partial charge >= 0.3 is 0 Å². The molecule has 3 nitrogen and oxygen atoms in total. The van der Waals surface area contributed by atoms with Gasteiger partial charge < -0.3 is 10.2 Å². The second kappa shape index (κ2) is 5.80. The van der Waals surface area contributed by atoms with E-state index in [0.29, 0.717) is 22.6 Å². The van der Waals surface area contributed by atoms with Gasteiger partial charge in [0.05, 0.1) is 5.56 Å². The molecule has 0 aliphatic carbocycles. The Morgan fingerprint density at radius 1 is 1.56 bits per heavy atom. The van der Waals surface area contributed by atoms with Gasteiger partial charge in [0.1, 0.15) is 5.82 Å². The molecule has 0 saturated carbocycles. The molecule has 0 radical (unpaired) electrons. The summed E-state index contributed by atoms with van der Waals surface area (Å²) < 4.78 is 13.5. The first kappa shape index (κ1) is 13.5. The number of nitrogens with zero attached hydrogens (tertiary/aromatic N) is 1. The molecule has 0 unspecified atom stereocenters. The molecule has 1 saturated heterocycles. The van der Waals surface area contributed by atoms with Gasteiger partial charge in [0.2, 0.25) is 0 Å². The quantitative estimate of drug-likeness (QED) is 0.909. The molecule has 1 aromatic carbocycles. The Balaban J connectivity index is 2.15. The predicted molar refractivity (Wildman–Crippen MR) is 72.1 cm³/mol. The summed E-state index contributed by atoms with van der Waals surface area (Å²) in [6.07, 6.45) is 2.08. The second-order valence-corrected chi connectivity index (χ2v) is 5.36. The van der Waals surface area contributed by atoms with E-state index in [4.69, 9.17) is 0 Å². The largest absolute Gasteiger partial charge is 0.337 e. The van der Waals surface area contributed by atoms with Gasteiger partial charge in [-0.25, -0.2) is 4.39 Å². The van der Waals surface area contributed by atoms with Gasteiger partial charge in [-0.05, 0) is 54.0 Å². The molecule has 1 N–H and O–H groups in total. The standard InChI is InChI=1S/C13H16BrFN2O/c1-16-10-3-2-6-17(8-10)13(18)11-5-4-9(15)7-12(11)14/h4-5,7,10,16H,2-3,6,8H2,1H3/t10-/m1/s1. The molecule has 0 spiro atoms. The molecular formula is C13H16BrFN2O. The average Bonchev–Trinajstić information content (AvgIpc) is 2.38. The number of likely N-dealkylation sites (tertiary alicyclic amines) is 1. The lowest BCUT2D eigenvalue weighted by molar-refractivity contribution is 0.0697. The van der Waals surface area contributed by atoms with Crippen molar-refractivity contribution in [2.24, 2.45) is 0 Å². The van der Waals surface area contributed by atoms with Gasteiger partial charge in [-0.1, -0.05) is 0 Å². The van der Waals surface area contributed by atoms with Gasteiger partial charge in [-0.15, -0.1) is 0 Å². The van der Waals surface area contributed by atoms with E-state index in [2.05, 4.69) is 21.2 Å². The van der Waals surface area contributed by atoms with Crippen LogP contribution in [0.2, 0.25) is 0 Å². The van der Waals surface area contributed by atoms with Crippen molar-refractivity contribution in [3.05, 3.63) is 34.1 Å². The predicted octanol–water partition coefficient (Wildman–Crippen LogP) is 2.41. The van der Waals surface area contributed by atoms with Crippen LogP contribution in [0.15, 0.2) is 22.7 Å². The van der Waals surface area contributed by atoms with Crippen molar-refractivity contribution in [3.63, 3.8) is 0 Å². The number of hydrogen-bond acceptors (Lipinski definition) is 2. The third-order valence-electron chi connectivity index (χ3n) is 3.28. The zero-order valence-corrected chi connectivity index (χ0v) is 11.8. The number of rotatable bonds is 2. The van der Waals surface area contributed by atoms with E-state index in [1.54, 1.807) is 0 Å². The molecule has 1 amide bonds. The van der Waals surface area contributed by atoms with Crippen LogP contribution < -0.4 is 5.32 Å². The van der Waals surface area contributed by atoms with Crippen LogP contribution in [0.3, 0.4) is 0 Å². The Kier molecular flexibility index (Phi) is 4.35. The van der Waals surface area contributed by atoms with Crippen LogP contribution in [0, 0.1) is 5.82 Å². The summed E-state index contributed by atoms with van der Waals surface area (Å²) in [4.78, 5) is 14.2. The maximum Gasteiger partial charge on any atom is 0.255 e.